The van der Waals surface area contributed by atoms with E-state index >= 15 is 0 Å². The molecule has 1 unspecified atom stereocenters. The molecular formula is C25H24N4O4S2. The third-order valence-electron chi connectivity index (χ3n) is 5.53. The van der Waals surface area contributed by atoms with E-state index in [-0.39, 0.29) is 17.2 Å². The quantitative estimate of drug-likeness (QED) is 0.394. The highest BCUT2D eigenvalue weighted by Gasteiger charge is 2.28. The number of likely N-dealkylation sites (N-methyl/N-ethyl adjacent to an activating group) is 1. The fourth-order valence-corrected chi connectivity index (χ4v) is 5.56. The summed E-state index contributed by atoms with van der Waals surface area (Å²) in [4.78, 5) is 31.9. The summed E-state index contributed by atoms with van der Waals surface area (Å²) in [5, 5.41) is 2.56. The number of aromatic nitrogens is 1. The standard InChI is InChI=1S/C25H24N4O4S2/c1-17-8-6-7-11-23(17)35(32,33)28-25(31)27-21(14-18-9-4-3-5-10-18)24(30)29(2)19-12-13-20-22(15-19)34-16-26-20/h3-13,15-16,21H,14H2,1-2H3,(H2,27,28,31). The molecule has 4 aromatic rings. The molecule has 0 fully saturated rings. The Morgan fingerprint density at radius 1 is 1.03 bits per heavy atom. The molecule has 1 aromatic heterocycles. The number of nitrogens with zero attached hydrogens (tertiary/aromatic N) is 2. The van der Waals surface area contributed by atoms with Gasteiger partial charge in [-0.3, -0.25) is 4.79 Å². The minimum absolute atomic E-state index is 0.00364. The molecule has 4 rings (SSSR count). The molecule has 0 saturated carbocycles. The van der Waals surface area contributed by atoms with E-state index in [0.717, 1.165) is 15.8 Å². The zero-order chi connectivity index (χ0) is 25.0. The lowest BCUT2D eigenvalue weighted by Gasteiger charge is -2.25. The third kappa shape index (κ3) is 5.67. The highest BCUT2D eigenvalue weighted by atomic mass is 32.2. The van der Waals surface area contributed by atoms with Gasteiger partial charge in [0.05, 0.1) is 20.6 Å². The molecule has 3 amide bonds. The van der Waals surface area contributed by atoms with E-state index in [1.165, 1.54) is 22.3 Å². The zero-order valence-corrected chi connectivity index (χ0v) is 20.8. The number of urea groups is 1. The second-order valence-corrected chi connectivity index (χ2v) is 10.5. The summed E-state index contributed by atoms with van der Waals surface area (Å²) in [5.41, 5.74) is 4.52. The Morgan fingerprint density at radius 2 is 1.74 bits per heavy atom. The minimum Gasteiger partial charge on any atom is -0.325 e. The Labute approximate surface area is 207 Å². The molecule has 35 heavy (non-hydrogen) atoms. The summed E-state index contributed by atoms with van der Waals surface area (Å²) in [6.07, 6.45) is 0.185. The van der Waals surface area contributed by atoms with Crippen LogP contribution >= 0.6 is 11.3 Å². The van der Waals surface area contributed by atoms with Crippen LogP contribution in [-0.2, 0) is 21.2 Å². The Balaban J connectivity index is 1.56. The largest absolute Gasteiger partial charge is 0.329 e. The van der Waals surface area contributed by atoms with Gasteiger partial charge in [-0.2, -0.15) is 0 Å². The molecule has 0 saturated heterocycles. The number of benzene rings is 3. The molecule has 3 aromatic carbocycles. The number of hydrogen-bond acceptors (Lipinski definition) is 6. The molecule has 2 N–H and O–H groups in total. The molecule has 0 aliphatic rings. The van der Waals surface area contributed by atoms with E-state index in [2.05, 4.69) is 10.3 Å². The first-order chi connectivity index (χ1) is 16.7. The molecule has 0 aliphatic carbocycles. The fraction of sp³-hybridized carbons (Fsp3) is 0.160. The minimum atomic E-state index is -4.12. The smallest absolute Gasteiger partial charge is 0.325 e. The van der Waals surface area contributed by atoms with Crippen molar-refractivity contribution in [3.8, 4) is 0 Å². The van der Waals surface area contributed by atoms with Crippen molar-refractivity contribution < 1.29 is 18.0 Å². The van der Waals surface area contributed by atoms with Crippen molar-refractivity contribution in [3.05, 3.63) is 89.4 Å². The van der Waals surface area contributed by atoms with Crippen molar-refractivity contribution in [2.45, 2.75) is 24.3 Å². The number of carbonyl (C=O) groups is 2. The maximum Gasteiger partial charge on any atom is 0.329 e. The average molecular weight is 509 g/mol. The van der Waals surface area contributed by atoms with Gasteiger partial charge in [-0.05, 0) is 42.3 Å². The maximum atomic E-state index is 13.5. The third-order valence-corrected chi connectivity index (χ3v) is 7.81. The van der Waals surface area contributed by atoms with Gasteiger partial charge < -0.3 is 10.2 Å². The monoisotopic (exact) mass is 508 g/mol. The van der Waals surface area contributed by atoms with E-state index in [1.807, 2.05) is 47.2 Å². The van der Waals surface area contributed by atoms with Crippen LogP contribution in [-0.4, -0.2) is 38.4 Å². The molecule has 1 atom stereocenters. The lowest BCUT2D eigenvalue weighted by atomic mass is 10.0. The molecule has 0 spiro atoms. The number of fused-ring (bicyclic) bond motifs is 1. The van der Waals surface area contributed by atoms with Gasteiger partial charge in [-0.25, -0.2) is 22.9 Å². The number of carbonyl (C=O) groups excluding carboxylic acids is 2. The summed E-state index contributed by atoms with van der Waals surface area (Å²) in [5.74, 6) is -0.388. The number of anilines is 1. The molecule has 0 aliphatic heterocycles. The first-order valence-corrected chi connectivity index (χ1v) is 13.1. The first-order valence-electron chi connectivity index (χ1n) is 10.8. The Kier molecular flexibility index (Phi) is 7.13. The summed E-state index contributed by atoms with van der Waals surface area (Å²) in [6, 6.07) is 19.0. The van der Waals surface area contributed by atoms with Gasteiger partial charge in [0.1, 0.15) is 6.04 Å². The molecular weight excluding hydrogens is 484 g/mol. The number of sulfonamides is 1. The number of hydrogen-bond donors (Lipinski definition) is 2. The predicted octanol–water partition coefficient (Wildman–Crippen LogP) is 3.87. The molecule has 1 heterocycles. The Hall–Kier alpha value is -3.76. The van der Waals surface area contributed by atoms with Crippen molar-refractivity contribution in [1.29, 1.82) is 0 Å². The molecule has 0 bridgehead atoms. The van der Waals surface area contributed by atoms with Gasteiger partial charge in [0.25, 0.3) is 10.0 Å². The topological polar surface area (TPSA) is 108 Å². The summed E-state index contributed by atoms with van der Waals surface area (Å²) in [6.45, 7) is 1.64. The van der Waals surface area contributed by atoms with Crippen LogP contribution in [0.15, 0.2) is 83.2 Å². The van der Waals surface area contributed by atoms with Crippen LogP contribution in [0.25, 0.3) is 10.2 Å². The predicted molar refractivity (Wildman–Crippen MR) is 137 cm³/mol. The number of nitrogens with one attached hydrogen (secondary N) is 2. The summed E-state index contributed by atoms with van der Waals surface area (Å²) in [7, 11) is -2.50. The van der Waals surface area contributed by atoms with E-state index in [4.69, 9.17) is 0 Å². The van der Waals surface area contributed by atoms with Crippen LogP contribution in [0.5, 0.6) is 0 Å². The zero-order valence-electron chi connectivity index (χ0n) is 19.1. The molecule has 0 radical (unpaired) electrons. The number of rotatable bonds is 7. The van der Waals surface area contributed by atoms with Gasteiger partial charge in [0, 0.05) is 19.2 Å². The van der Waals surface area contributed by atoms with Crippen LogP contribution in [0.2, 0.25) is 0 Å². The summed E-state index contributed by atoms with van der Waals surface area (Å²) >= 11 is 1.46. The number of aryl methyl sites for hydroxylation is 1. The van der Waals surface area contributed by atoms with Gasteiger partial charge in [0.15, 0.2) is 0 Å². The fourth-order valence-electron chi connectivity index (χ4n) is 3.69. The van der Waals surface area contributed by atoms with Gasteiger partial charge >= 0.3 is 6.03 Å². The summed E-state index contributed by atoms with van der Waals surface area (Å²) < 4.78 is 28.5. The van der Waals surface area contributed by atoms with Gasteiger partial charge in [-0.15, -0.1) is 11.3 Å². The normalized spacial score (nSPS) is 12.2. The van der Waals surface area contributed by atoms with Crippen molar-refractivity contribution in [3.63, 3.8) is 0 Å². The van der Waals surface area contributed by atoms with Crippen LogP contribution in [0.3, 0.4) is 0 Å². The number of thiazole rings is 1. The first kappa shape index (κ1) is 24.4. The second kappa shape index (κ2) is 10.2. The lowest BCUT2D eigenvalue weighted by molar-refractivity contribution is -0.120. The van der Waals surface area contributed by atoms with E-state index in [1.54, 1.807) is 43.7 Å². The van der Waals surface area contributed by atoms with Crippen LogP contribution in [0.1, 0.15) is 11.1 Å². The SMILES string of the molecule is Cc1ccccc1S(=O)(=O)NC(=O)NC(Cc1ccccc1)C(=O)N(C)c1ccc2ncsc2c1. The average Bonchev–Trinajstić information content (AvgIpc) is 3.31. The Bertz CT molecular complexity index is 1470. The highest BCUT2D eigenvalue weighted by Crippen LogP contribution is 2.24. The van der Waals surface area contributed by atoms with Gasteiger partial charge in [0.2, 0.25) is 5.91 Å². The molecule has 8 nitrogen and oxygen atoms in total. The van der Waals surface area contributed by atoms with Crippen LogP contribution < -0.4 is 14.9 Å². The highest BCUT2D eigenvalue weighted by molar-refractivity contribution is 7.90. The lowest BCUT2D eigenvalue weighted by Crippen LogP contribution is -2.52. The molecule has 10 heteroatoms. The maximum absolute atomic E-state index is 13.5. The van der Waals surface area contributed by atoms with E-state index in [9.17, 15) is 18.0 Å². The van der Waals surface area contributed by atoms with Crippen LogP contribution in [0, 0.1) is 6.92 Å². The van der Waals surface area contributed by atoms with Crippen molar-refractivity contribution in [1.82, 2.24) is 15.0 Å². The van der Waals surface area contributed by atoms with Gasteiger partial charge in [-0.1, -0.05) is 48.5 Å². The van der Waals surface area contributed by atoms with E-state index < -0.39 is 22.1 Å². The molecule has 180 valence electrons. The second-order valence-electron chi connectivity index (χ2n) is 7.99. The Morgan fingerprint density at radius 3 is 2.49 bits per heavy atom. The van der Waals surface area contributed by atoms with Crippen LogP contribution in [0.4, 0.5) is 10.5 Å². The van der Waals surface area contributed by atoms with Crippen molar-refractivity contribution >= 4 is 49.2 Å². The van der Waals surface area contributed by atoms with Crippen molar-refractivity contribution in [2.75, 3.05) is 11.9 Å². The van der Waals surface area contributed by atoms with Crippen molar-refractivity contribution in [2.24, 2.45) is 0 Å². The van der Waals surface area contributed by atoms with E-state index in [0.29, 0.717) is 11.3 Å². The number of amides is 3.